The van der Waals surface area contributed by atoms with Crippen molar-refractivity contribution in [3.8, 4) is 0 Å². The smallest absolute Gasteiger partial charge is 0.209 e. The Labute approximate surface area is 90.9 Å². The van der Waals surface area contributed by atoms with Crippen LogP contribution in [0, 0.1) is 0 Å². The minimum atomic E-state index is -0.625. The molecular formula is C6H8BrN3OS2. The molecule has 4 nitrogen and oxygen atoms in total. The fraction of sp³-hybridized carbons (Fsp3) is 0.667. The Morgan fingerprint density at radius 2 is 2.08 bits per heavy atom. The van der Waals surface area contributed by atoms with Crippen LogP contribution < -0.4 is 4.90 Å². The maximum absolute atomic E-state index is 11.1. The maximum Gasteiger partial charge on any atom is 0.209 e. The van der Waals surface area contributed by atoms with Gasteiger partial charge in [0.25, 0.3) is 0 Å². The molecule has 7 heteroatoms. The summed E-state index contributed by atoms with van der Waals surface area (Å²) in [5, 5.41) is 8.81. The molecule has 0 aliphatic carbocycles. The zero-order chi connectivity index (χ0) is 9.26. The Bertz CT molecular complexity index is 319. The summed E-state index contributed by atoms with van der Waals surface area (Å²) in [6.07, 6.45) is 0. The largest absolute Gasteiger partial charge is 0.345 e. The van der Waals surface area contributed by atoms with Crippen LogP contribution in [0.25, 0.3) is 0 Å². The summed E-state index contributed by atoms with van der Waals surface area (Å²) >= 11 is 4.79. The number of anilines is 1. The molecule has 72 valence electrons. The van der Waals surface area contributed by atoms with Crippen molar-refractivity contribution >= 4 is 43.2 Å². The highest BCUT2D eigenvalue weighted by molar-refractivity contribution is 9.11. The van der Waals surface area contributed by atoms with Gasteiger partial charge in [0.2, 0.25) is 5.13 Å². The first-order valence-electron chi connectivity index (χ1n) is 3.84. The van der Waals surface area contributed by atoms with Gasteiger partial charge in [0.05, 0.1) is 0 Å². The normalized spacial score (nSPS) is 19.3. The van der Waals surface area contributed by atoms with Gasteiger partial charge >= 0.3 is 0 Å². The molecule has 0 aromatic carbocycles. The highest BCUT2D eigenvalue weighted by Crippen LogP contribution is 2.24. The van der Waals surface area contributed by atoms with Gasteiger partial charge in [-0.25, -0.2) is 0 Å². The Kier molecular flexibility index (Phi) is 2.95. The molecule has 0 radical (unpaired) electrons. The molecule has 2 heterocycles. The van der Waals surface area contributed by atoms with Gasteiger partial charge < -0.3 is 4.90 Å². The van der Waals surface area contributed by atoms with Crippen molar-refractivity contribution in [1.29, 1.82) is 0 Å². The molecule has 1 aromatic heterocycles. The van der Waals surface area contributed by atoms with Crippen LogP contribution >= 0.6 is 27.3 Å². The van der Waals surface area contributed by atoms with Crippen molar-refractivity contribution in [1.82, 2.24) is 10.2 Å². The Balaban J connectivity index is 2.06. The van der Waals surface area contributed by atoms with E-state index in [1.165, 1.54) is 11.3 Å². The van der Waals surface area contributed by atoms with E-state index in [9.17, 15) is 4.21 Å². The van der Waals surface area contributed by atoms with Gasteiger partial charge in [-0.1, -0.05) is 11.3 Å². The van der Waals surface area contributed by atoms with E-state index in [-0.39, 0.29) is 0 Å². The predicted octanol–water partition coefficient (Wildman–Crippen LogP) is 0.869. The summed E-state index contributed by atoms with van der Waals surface area (Å²) in [6.45, 7) is 1.66. The molecule has 0 bridgehead atoms. The van der Waals surface area contributed by atoms with Crippen LogP contribution in [0.3, 0.4) is 0 Å². The van der Waals surface area contributed by atoms with Gasteiger partial charge in [-0.15, -0.1) is 10.2 Å². The van der Waals surface area contributed by atoms with Gasteiger partial charge in [0, 0.05) is 35.4 Å². The number of halogens is 1. The Hall–Kier alpha value is -0.0100. The van der Waals surface area contributed by atoms with Crippen LogP contribution in [0.4, 0.5) is 5.13 Å². The molecule has 1 fully saturated rings. The van der Waals surface area contributed by atoms with Crippen molar-refractivity contribution in [2.45, 2.75) is 0 Å². The van der Waals surface area contributed by atoms with E-state index in [2.05, 4.69) is 31.0 Å². The molecule has 13 heavy (non-hydrogen) atoms. The second-order valence-corrected chi connectivity index (χ2v) is 6.60. The lowest BCUT2D eigenvalue weighted by molar-refractivity contribution is 0.672. The summed E-state index contributed by atoms with van der Waals surface area (Å²) in [5.74, 6) is 1.49. The third-order valence-corrected chi connectivity index (χ3v) is 4.53. The molecule has 1 aliphatic rings. The SMILES string of the molecule is O=S1CCN(c2nnc(Br)s2)CC1. The first-order valence-corrected chi connectivity index (χ1v) is 6.94. The van der Waals surface area contributed by atoms with Crippen LogP contribution in [-0.2, 0) is 10.8 Å². The van der Waals surface area contributed by atoms with Crippen LogP contribution in [0.1, 0.15) is 0 Å². The van der Waals surface area contributed by atoms with E-state index in [4.69, 9.17) is 0 Å². The first-order chi connectivity index (χ1) is 6.25. The Morgan fingerprint density at radius 1 is 1.38 bits per heavy atom. The lowest BCUT2D eigenvalue weighted by Crippen LogP contribution is -2.37. The van der Waals surface area contributed by atoms with Crippen molar-refractivity contribution in [2.24, 2.45) is 0 Å². The van der Waals surface area contributed by atoms with E-state index in [1.807, 2.05) is 0 Å². The topological polar surface area (TPSA) is 46.1 Å². The lowest BCUT2D eigenvalue weighted by Gasteiger charge is -2.24. The zero-order valence-corrected chi connectivity index (χ0v) is 9.99. The maximum atomic E-state index is 11.1. The van der Waals surface area contributed by atoms with Crippen molar-refractivity contribution < 1.29 is 4.21 Å². The van der Waals surface area contributed by atoms with Crippen molar-refractivity contribution in [3.05, 3.63) is 3.92 Å². The molecule has 0 spiro atoms. The summed E-state index contributed by atoms with van der Waals surface area (Å²) in [4.78, 5) is 2.13. The standard InChI is InChI=1S/C6H8BrN3OS2/c7-5-8-9-6(12-5)10-1-3-13(11)4-2-10/h1-4H2. The molecule has 0 N–H and O–H groups in total. The zero-order valence-electron chi connectivity index (χ0n) is 6.77. The van der Waals surface area contributed by atoms with E-state index in [1.54, 1.807) is 0 Å². The molecule has 1 saturated heterocycles. The number of nitrogens with zero attached hydrogens (tertiary/aromatic N) is 3. The monoisotopic (exact) mass is 281 g/mol. The molecule has 1 aliphatic heterocycles. The van der Waals surface area contributed by atoms with Gasteiger partial charge in [-0.2, -0.15) is 0 Å². The number of rotatable bonds is 1. The number of hydrogen-bond donors (Lipinski definition) is 0. The third-order valence-electron chi connectivity index (χ3n) is 1.84. The van der Waals surface area contributed by atoms with Gasteiger partial charge in [-0.05, 0) is 15.9 Å². The molecule has 0 unspecified atom stereocenters. The van der Waals surface area contributed by atoms with Crippen LogP contribution in [0.5, 0.6) is 0 Å². The molecule has 0 saturated carbocycles. The summed E-state index contributed by atoms with van der Waals surface area (Å²) in [7, 11) is -0.625. The highest BCUT2D eigenvalue weighted by Gasteiger charge is 2.18. The van der Waals surface area contributed by atoms with Gasteiger partial charge in [-0.3, -0.25) is 4.21 Å². The van der Waals surface area contributed by atoms with Crippen molar-refractivity contribution in [3.63, 3.8) is 0 Å². The first kappa shape index (κ1) is 9.54. The summed E-state index contributed by atoms with van der Waals surface area (Å²) in [5.41, 5.74) is 0. The fourth-order valence-electron chi connectivity index (χ4n) is 1.16. The van der Waals surface area contributed by atoms with Crippen LogP contribution in [0.15, 0.2) is 3.92 Å². The molecular weight excluding hydrogens is 274 g/mol. The van der Waals surface area contributed by atoms with E-state index in [0.717, 1.165) is 33.6 Å². The fourth-order valence-corrected chi connectivity index (χ4v) is 3.35. The van der Waals surface area contributed by atoms with Crippen LogP contribution in [0.2, 0.25) is 0 Å². The molecule has 0 amide bonds. The third kappa shape index (κ3) is 2.26. The summed E-state index contributed by atoms with van der Waals surface area (Å²) in [6, 6.07) is 0. The van der Waals surface area contributed by atoms with Crippen LogP contribution in [-0.4, -0.2) is 39.0 Å². The minimum Gasteiger partial charge on any atom is -0.345 e. The van der Waals surface area contributed by atoms with Gasteiger partial charge in [0.15, 0.2) is 3.92 Å². The second kappa shape index (κ2) is 4.02. The van der Waals surface area contributed by atoms with Crippen molar-refractivity contribution in [2.75, 3.05) is 29.5 Å². The average molecular weight is 282 g/mol. The molecule has 0 atom stereocenters. The minimum absolute atomic E-state index is 0.625. The quantitative estimate of drug-likeness (QED) is 0.767. The Morgan fingerprint density at radius 3 is 2.62 bits per heavy atom. The summed E-state index contributed by atoms with van der Waals surface area (Å²) < 4.78 is 11.9. The number of hydrogen-bond acceptors (Lipinski definition) is 5. The molecule has 1 aromatic rings. The highest BCUT2D eigenvalue weighted by atomic mass is 79.9. The van der Waals surface area contributed by atoms with E-state index < -0.39 is 10.8 Å². The van der Waals surface area contributed by atoms with E-state index in [0.29, 0.717) is 0 Å². The van der Waals surface area contributed by atoms with E-state index >= 15 is 0 Å². The lowest BCUT2D eigenvalue weighted by atomic mass is 10.5. The van der Waals surface area contributed by atoms with Gasteiger partial charge in [0.1, 0.15) is 0 Å². The average Bonchev–Trinajstić information content (AvgIpc) is 2.53. The molecule has 2 rings (SSSR count). The predicted molar refractivity (Wildman–Crippen MR) is 57.7 cm³/mol. The second-order valence-electron chi connectivity index (χ2n) is 2.67. The number of aromatic nitrogens is 2.